The molecular weight excluding hydrogens is 438 g/mol. The number of nitrogens with zero attached hydrogens (tertiary/aromatic N) is 2. The van der Waals surface area contributed by atoms with Crippen molar-refractivity contribution < 1.29 is 22.3 Å². The largest absolute Gasteiger partial charge is 0.768 e. The molecule has 7 nitrogen and oxygen atoms in total. The van der Waals surface area contributed by atoms with E-state index in [1.165, 1.54) is 6.07 Å². The number of hydrogen-bond acceptors (Lipinski definition) is 7. The van der Waals surface area contributed by atoms with Gasteiger partial charge in [0.25, 0.3) is 0 Å². The Hall–Kier alpha value is -3.63. The lowest BCUT2D eigenvalue weighted by atomic mass is 10.2. The highest BCUT2D eigenvalue weighted by Gasteiger charge is 2.12. The lowest BCUT2D eigenvalue weighted by Crippen LogP contribution is -2.06. The lowest BCUT2D eigenvalue weighted by Gasteiger charge is -2.13. The van der Waals surface area contributed by atoms with Gasteiger partial charge in [-0.25, -0.2) is 9.97 Å². The summed E-state index contributed by atoms with van der Waals surface area (Å²) in [5, 5.41) is 2.88. The van der Waals surface area contributed by atoms with Crippen molar-refractivity contribution in [2.24, 2.45) is 0 Å². The number of nitrogen functional groups attached to an aromatic ring is 1. The number of nitrogens with two attached hydrogens (primary N) is 1. The molecule has 4 aromatic rings. The summed E-state index contributed by atoms with van der Waals surface area (Å²) in [5.41, 5.74) is 8.56. The first kappa shape index (κ1) is 23.0. The Labute approximate surface area is 185 Å². The van der Waals surface area contributed by atoms with Crippen LogP contribution in [0.5, 0.6) is 5.75 Å². The fraction of sp³-hybridized carbons (Fsp3) is 0.0909. The topological polar surface area (TPSA) is 113 Å². The molecule has 4 rings (SSSR count). The van der Waals surface area contributed by atoms with Crippen LogP contribution < -0.4 is 15.8 Å². The summed E-state index contributed by atoms with van der Waals surface area (Å²) >= 11 is -2.09. The number of hydrogen-bond donors (Lipinski definition) is 2. The fourth-order valence-electron chi connectivity index (χ4n) is 2.65. The highest BCUT2D eigenvalue weighted by atomic mass is 32.2. The number of para-hydroxylation sites is 4. The number of benzene rings is 3. The van der Waals surface area contributed by atoms with E-state index in [1.54, 1.807) is 54.6 Å². The van der Waals surface area contributed by atoms with E-state index in [-0.39, 0.29) is 17.4 Å². The number of fused-ring (bicyclic) bond motifs is 1. The third-order valence-electron chi connectivity index (χ3n) is 4.17. The minimum Gasteiger partial charge on any atom is -0.768 e. The predicted octanol–water partition coefficient (Wildman–Crippen LogP) is 4.79. The molecule has 10 heteroatoms. The van der Waals surface area contributed by atoms with Gasteiger partial charge in [-0.1, -0.05) is 42.0 Å². The smallest absolute Gasteiger partial charge is 0.387 e. The molecule has 0 saturated carbocycles. The van der Waals surface area contributed by atoms with Crippen LogP contribution in [0, 0.1) is 6.92 Å². The highest BCUT2D eigenvalue weighted by molar-refractivity contribution is 7.79. The average Bonchev–Trinajstić information content (AvgIpc) is 2.76. The molecule has 0 aliphatic rings. The van der Waals surface area contributed by atoms with Crippen molar-refractivity contribution in [3.8, 4) is 5.75 Å². The molecule has 0 spiro atoms. The van der Waals surface area contributed by atoms with Crippen LogP contribution in [-0.4, -0.2) is 25.3 Å². The van der Waals surface area contributed by atoms with Crippen molar-refractivity contribution in [2.75, 3.05) is 11.1 Å². The first-order valence-electron chi connectivity index (χ1n) is 9.32. The van der Waals surface area contributed by atoms with E-state index in [2.05, 4.69) is 20.0 Å². The Morgan fingerprint density at radius 3 is 2.19 bits per heavy atom. The first-order chi connectivity index (χ1) is 15.3. The summed E-state index contributed by atoms with van der Waals surface area (Å²) in [6, 6.07) is 20.2. The maximum atomic E-state index is 12.4. The second-order valence-electron chi connectivity index (χ2n) is 6.49. The van der Waals surface area contributed by atoms with E-state index in [1.807, 2.05) is 19.1 Å². The first-order valence-corrected chi connectivity index (χ1v) is 10.4. The SMILES string of the molecule is Cc1ccc(S(=O)[O-])cc1.Nc1nc2ccccc2nc1Nc1ccccc1OC(F)F. The maximum absolute atomic E-state index is 12.4. The van der Waals surface area contributed by atoms with Crippen molar-refractivity contribution in [1.82, 2.24) is 9.97 Å². The molecule has 0 amide bonds. The number of aryl methyl sites for hydroxylation is 1. The van der Waals surface area contributed by atoms with Crippen LogP contribution in [0.15, 0.2) is 77.7 Å². The van der Waals surface area contributed by atoms with Crippen LogP contribution in [0.4, 0.5) is 26.1 Å². The van der Waals surface area contributed by atoms with Crippen LogP contribution in [0.25, 0.3) is 11.0 Å². The number of alkyl halides is 2. The van der Waals surface area contributed by atoms with Gasteiger partial charge in [-0.2, -0.15) is 8.78 Å². The summed E-state index contributed by atoms with van der Waals surface area (Å²) in [7, 11) is 0. The molecule has 0 saturated heterocycles. The zero-order chi connectivity index (χ0) is 23.1. The Balaban J connectivity index is 0.000000243. The Morgan fingerprint density at radius 2 is 1.56 bits per heavy atom. The van der Waals surface area contributed by atoms with Crippen LogP contribution in [0.2, 0.25) is 0 Å². The minimum absolute atomic E-state index is 0.00635. The van der Waals surface area contributed by atoms with Gasteiger partial charge < -0.3 is 20.3 Å². The number of nitrogens with one attached hydrogen (secondary N) is 1. The van der Waals surface area contributed by atoms with Gasteiger partial charge in [-0.05, 0) is 54.4 Å². The summed E-state index contributed by atoms with van der Waals surface area (Å²) in [4.78, 5) is 8.91. The number of halogens is 2. The Bertz CT molecular complexity index is 1220. The van der Waals surface area contributed by atoms with Crippen molar-refractivity contribution in [3.05, 3.63) is 78.4 Å². The second-order valence-corrected chi connectivity index (χ2v) is 7.43. The molecule has 0 fully saturated rings. The number of aromatic nitrogens is 2. The summed E-state index contributed by atoms with van der Waals surface area (Å²) in [6.45, 7) is -1.000. The summed E-state index contributed by atoms with van der Waals surface area (Å²) in [5.74, 6) is 0.460. The zero-order valence-corrected chi connectivity index (χ0v) is 17.7. The molecule has 1 aromatic heterocycles. The van der Waals surface area contributed by atoms with E-state index >= 15 is 0 Å². The number of ether oxygens (including phenoxy) is 1. The van der Waals surface area contributed by atoms with E-state index < -0.39 is 17.7 Å². The normalized spacial score (nSPS) is 11.5. The van der Waals surface area contributed by atoms with Gasteiger partial charge in [-0.3, -0.25) is 4.21 Å². The molecule has 1 unspecified atom stereocenters. The number of anilines is 3. The molecule has 3 aromatic carbocycles. The van der Waals surface area contributed by atoms with Crippen LogP contribution in [0.1, 0.15) is 5.56 Å². The van der Waals surface area contributed by atoms with Gasteiger partial charge in [-0.15, -0.1) is 0 Å². The van der Waals surface area contributed by atoms with E-state index in [9.17, 15) is 17.5 Å². The summed E-state index contributed by atoms with van der Waals surface area (Å²) < 4.78 is 49.9. The molecule has 0 radical (unpaired) electrons. The second kappa shape index (κ2) is 10.6. The standard InChI is InChI=1S/C15H12F2N4O.C7H8O2S/c16-15(17)22-12-8-4-3-7-11(12)21-14-13(18)19-9-5-1-2-6-10(9)20-14;1-6-2-4-7(5-3-6)10(8)9/h1-8,15H,(H2,18,19)(H,20,21);2-5H,1H3,(H,8,9)/p-1. The van der Waals surface area contributed by atoms with Gasteiger partial charge in [0.1, 0.15) is 5.75 Å². The molecule has 0 bridgehead atoms. The Morgan fingerprint density at radius 1 is 0.969 bits per heavy atom. The lowest BCUT2D eigenvalue weighted by molar-refractivity contribution is -0.0493. The molecule has 1 heterocycles. The van der Waals surface area contributed by atoms with Gasteiger partial charge in [0.05, 0.1) is 16.7 Å². The third kappa shape index (κ3) is 6.19. The van der Waals surface area contributed by atoms with Crippen LogP contribution >= 0.6 is 0 Å². The third-order valence-corrected chi connectivity index (χ3v) is 4.82. The molecule has 0 aliphatic heterocycles. The monoisotopic (exact) mass is 457 g/mol. The van der Waals surface area contributed by atoms with Crippen molar-refractivity contribution in [2.45, 2.75) is 18.4 Å². The van der Waals surface area contributed by atoms with E-state index in [4.69, 9.17) is 5.73 Å². The zero-order valence-electron chi connectivity index (χ0n) is 16.9. The molecule has 166 valence electrons. The number of rotatable bonds is 5. The minimum atomic E-state index is -2.91. The van der Waals surface area contributed by atoms with Gasteiger partial charge in [0.15, 0.2) is 11.6 Å². The highest BCUT2D eigenvalue weighted by Crippen LogP contribution is 2.30. The van der Waals surface area contributed by atoms with Crippen LogP contribution in [-0.2, 0) is 11.1 Å². The average molecular weight is 457 g/mol. The van der Waals surface area contributed by atoms with Crippen molar-refractivity contribution in [1.29, 1.82) is 0 Å². The molecule has 1 atom stereocenters. The fourth-order valence-corrected chi connectivity index (χ4v) is 3.01. The Kier molecular flexibility index (Phi) is 7.63. The van der Waals surface area contributed by atoms with Gasteiger partial charge in [0, 0.05) is 4.90 Å². The quantitative estimate of drug-likeness (QED) is 0.414. The van der Waals surface area contributed by atoms with Crippen molar-refractivity contribution in [3.63, 3.8) is 0 Å². The molecular formula is C22H19F2N4O3S-. The molecule has 3 N–H and O–H groups in total. The predicted molar refractivity (Wildman–Crippen MR) is 119 cm³/mol. The summed E-state index contributed by atoms with van der Waals surface area (Å²) in [6.07, 6.45) is 0. The van der Waals surface area contributed by atoms with E-state index in [0.717, 1.165) is 5.56 Å². The molecule has 32 heavy (non-hydrogen) atoms. The van der Waals surface area contributed by atoms with Gasteiger partial charge in [0.2, 0.25) is 0 Å². The van der Waals surface area contributed by atoms with Crippen LogP contribution in [0.3, 0.4) is 0 Å². The van der Waals surface area contributed by atoms with Crippen molar-refractivity contribution >= 4 is 39.4 Å². The van der Waals surface area contributed by atoms with E-state index in [0.29, 0.717) is 21.6 Å². The molecule has 0 aliphatic carbocycles. The van der Waals surface area contributed by atoms with Gasteiger partial charge >= 0.3 is 6.61 Å². The maximum Gasteiger partial charge on any atom is 0.387 e.